The van der Waals surface area contributed by atoms with E-state index in [2.05, 4.69) is 5.32 Å². The van der Waals surface area contributed by atoms with Crippen LogP contribution in [-0.4, -0.2) is 30.8 Å². The fraction of sp³-hybridized carbons (Fsp3) is 0.375. The van der Waals surface area contributed by atoms with Gasteiger partial charge in [0.2, 0.25) is 5.91 Å². The SMILES string of the molecule is N#Cc1ccc(C(=O)OCC(=O)CCC2CCNC2=O)c(F)c1. The predicted octanol–water partition coefficient (Wildman–Crippen LogP) is 1.34. The van der Waals surface area contributed by atoms with Crippen LogP contribution >= 0.6 is 0 Å². The molecule has 1 aliphatic rings. The van der Waals surface area contributed by atoms with Gasteiger partial charge in [0, 0.05) is 18.9 Å². The molecule has 23 heavy (non-hydrogen) atoms. The van der Waals surface area contributed by atoms with Crippen LogP contribution in [-0.2, 0) is 14.3 Å². The van der Waals surface area contributed by atoms with Crippen LogP contribution in [0.1, 0.15) is 35.2 Å². The molecule has 1 atom stereocenters. The van der Waals surface area contributed by atoms with Crippen LogP contribution in [0, 0.1) is 23.1 Å². The number of hydrogen-bond acceptors (Lipinski definition) is 5. The van der Waals surface area contributed by atoms with Crippen molar-refractivity contribution in [3.63, 3.8) is 0 Å². The van der Waals surface area contributed by atoms with Crippen LogP contribution in [0.25, 0.3) is 0 Å². The minimum Gasteiger partial charge on any atom is -0.454 e. The van der Waals surface area contributed by atoms with Crippen molar-refractivity contribution in [2.75, 3.05) is 13.2 Å². The lowest BCUT2D eigenvalue weighted by Crippen LogP contribution is -2.20. The Bertz CT molecular complexity index is 681. The molecule has 7 heteroatoms. The highest BCUT2D eigenvalue weighted by atomic mass is 19.1. The second-order valence-electron chi connectivity index (χ2n) is 5.24. The smallest absolute Gasteiger partial charge is 0.341 e. The molecule has 0 radical (unpaired) electrons. The fourth-order valence-electron chi connectivity index (χ4n) is 2.30. The summed E-state index contributed by atoms with van der Waals surface area (Å²) in [6, 6.07) is 5.11. The Kier molecular flexibility index (Phi) is 5.41. The van der Waals surface area contributed by atoms with Crippen molar-refractivity contribution in [2.45, 2.75) is 19.3 Å². The molecular formula is C16H15FN2O4. The van der Waals surface area contributed by atoms with E-state index in [1.54, 1.807) is 6.07 Å². The van der Waals surface area contributed by atoms with Gasteiger partial charge in [-0.2, -0.15) is 5.26 Å². The molecular weight excluding hydrogens is 303 g/mol. The van der Waals surface area contributed by atoms with E-state index in [0.717, 1.165) is 12.1 Å². The van der Waals surface area contributed by atoms with Crippen molar-refractivity contribution < 1.29 is 23.5 Å². The highest BCUT2D eigenvalue weighted by Gasteiger charge is 2.24. The summed E-state index contributed by atoms with van der Waals surface area (Å²) >= 11 is 0. The largest absolute Gasteiger partial charge is 0.454 e. The maximum atomic E-state index is 13.6. The van der Waals surface area contributed by atoms with Crippen molar-refractivity contribution in [1.29, 1.82) is 5.26 Å². The molecule has 120 valence electrons. The van der Waals surface area contributed by atoms with E-state index >= 15 is 0 Å². The molecule has 1 unspecified atom stereocenters. The minimum absolute atomic E-state index is 0.0607. The molecule has 0 bridgehead atoms. The third-order valence-electron chi connectivity index (χ3n) is 3.62. The second kappa shape index (κ2) is 7.49. The number of nitrogens with zero attached hydrogens (tertiary/aromatic N) is 1. The monoisotopic (exact) mass is 318 g/mol. The summed E-state index contributed by atoms with van der Waals surface area (Å²) in [7, 11) is 0. The average Bonchev–Trinajstić information content (AvgIpc) is 2.95. The maximum Gasteiger partial charge on any atom is 0.341 e. The number of carbonyl (C=O) groups is 3. The number of benzene rings is 1. The summed E-state index contributed by atoms with van der Waals surface area (Å²) in [5.41, 5.74) is -0.239. The van der Waals surface area contributed by atoms with E-state index in [1.807, 2.05) is 0 Å². The Labute approximate surface area is 132 Å². The Balaban J connectivity index is 1.81. The van der Waals surface area contributed by atoms with Crippen molar-refractivity contribution in [3.8, 4) is 6.07 Å². The van der Waals surface area contributed by atoms with Crippen LogP contribution in [0.5, 0.6) is 0 Å². The van der Waals surface area contributed by atoms with Crippen LogP contribution in [0.2, 0.25) is 0 Å². The van der Waals surface area contributed by atoms with E-state index in [-0.39, 0.29) is 35.2 Å². The molecule has 0 aromatic heterocycles. The van der Waals surface area contributed by atoms with Crippen molar-refractivity contribution in [2.24, 2.45) is 5.92 Å². The zero-order chi connectivity index (χ0) is 16.8. The number of esters is 1. The molecule has 1 aliphatic heterocycles. The van der Waals surface area contributed by atoms with E-state index in [1.165, 1.54) is 6.07 Å². The van der Waals surface area contributed by atoms with Gasteiger partial charge in [0.25, 0.3) is 0 Å². The van der Waals surface area contributed by atoms with Gasteiger partial charge in [-0.3, -0.25) is 9.59 Å². The first kappa shape index (κ1) is 16.6. The highest BCUT2D eigenvalue weighted by Crippen LogP contribution is 2.16. The number of nitriles is 1. The van der Waals surface area contributed by atoms with Gasteiger partial charge >= 0.3 is 5.97 Å². The molecule has 6 nitrogen and oxygen atoms in total. The Hall–Kier alpha value is -2.75. The van der Waals surface area contributed by atoms with E-state index in [0.29, 0.717) is 19.4 Å². The lowest BCUT2D eigenvalue weighted by atomic mass is 10.0. The lowest BCUT2D eigenvalue weighted by molar-refractivity contribution is -0.124. The van der Waals surface area contributed by atoms with E-state index in [4.69, 9.17) is 10.00 Å². The third kappa shape index (κ3) is 4.36. The fourth-order valence-corrected chi connectivity index (χ4v) is 2.30. The second-order valence-corrected chi connectivity index (χ2v) is 5.24. The summed E-state index contributed by atoms with van der Waals surface area (Å²) in [6.45, 7) is 0.150. The van der Waals surface area contributed by atoms with Gasteiger partial charge in [-0.1, -0.05) is 0 Å². The molecule has 0 spiro atoms. The number of ether oxygens (including phenoxy) is 1. The van der Waals surface area contributed by atoms with Gasteiger partial charge in [-0.05, 0) is 31.0 Å². The Morgan fingerprint density at radius 2 is 2.22 bits per heavy atom. The summed E-state index contributed by atoms with van der Waals surface area (Å²) < 4.78 is 18.4. The van der Waals surface area contributed by atoms with Crippen molar-refractivity contribution in [1.82, 2.24) is 5.32 Å². The number of Topliss-reactive ketones (excluding diaryl/α,β-unsaturated/α-hetero) is 1. The molecule has 1 N–H and O–H groups in total. The molecule has 2 rings (SSSR count). The number of carbonyl (C=O) groups excluding carboxylic acids is 3. The third-order valence-corrected chi connectivity index (χ3v) is 3.62. The molecule has 0 saturated carbocycles. The minimum atomic E-state index is -0.959. The molecule has 1 fully saturated rings. The quantitative estimate of drug-likeness (QED) is 0.798. The van der Waals surface area contributed by atoms with Gasteiger partial charge in [0.15, 0.2) is 5.78 Å². The summed E-state index contributed by atoms with van der Waals surface area (Å²) in [6.07, 6.45) is 1.23. The number of nitrogens with one attached hydrogen (secondary N) is 1. The first-order valence-corrected chi connectivity index (χ1v) is 7.17. The van der Waals surface area contributed by atoms with Gasteiger partial charge in [-0.15, -0.1) is 0 Å². The first-order chi connectivity index (χ1) is 11.0. The predicted molar refractivity (Wildman–Crippen MR) is 76.8 cm³/mol. The average molecular weight is 318 g/mol. The lowest BCUT2D eigenvalue weighted by Gasteiger charge is -2.07. The normalized spacial score (nSPS) is 16.5. The zero-order valence-corrected chi connectivity index (χ0v) is 12.3. The van der Waals surface area contributed by atoms with Crippen molar-refractivity contribution >= 4 is 17.7 Å². The number of hydrogen-bond donors (Lipinski definition) is 1. The van der Waals surface area contributed by atoms with E-state index in [9.17, 15) is 18.8 Å². The van der Waals surface area contributed by atoms with Gasteiger partial charge < -0.3 is 10.1 Å². The molecule has 1 aromatic rings. The number of amides is 1. The highest BCUT2D eigenvalue weighted by molar-refractivity contribution is 5.92. The summed E-state index contributed by atoms with van der Waals surface area (Å²) in [5, 5.41) is 11.3. The molecule has 1 saturated heterocycles. The van der Waals surface area contributed by atoms with Gasteiger partial charge in [-0.25, -0.2) is 9.18 Å². The zero-order valence-electron chi connectivity index (χ0n) is 12.3. The number of ketones is 1. The molecule has 0 aliphatic carbocycles. The molecule has 1 amide bonds. The summed E-state index contributed by atoms with van der Waals surface area (Å²) in [4.78, 5) is 34.8. The maximum absolute atomic E-state index is 13.6. The number of halogens is 1. The Morgan fingerprint density at radius 3 is 2.83 bits per heavy atom. The standard InChI is InChI=1S/C16H15FN2O4/c17-14-7-10(8-18)1-4-13(14)16(22)23-9-12(20)3-2-11-5-6-19-15(11)21/h1,4,7,11H,2-3,5-6,9H2,(H,19,21). The van der Waals surface area contributed by atoms with Crippen LogP contribution in [0.15, 0.2) is 18.2 Å². The van der Waals surface area contributed by atoms with Gasteiger partial charge in [0.05, 0.1) is 17.2 Å². The van der Waals surface area contributed by atoms with Gasteiger partial charge in [0.1, 0.15) is 12.4 Å². The summed E-state index contributed by atoms with van der Waals surface area (Å²) in [5.74, 6) is -2.39. The van der Waals surface area contributed by atoms with Crippen LogP contribution < -0.4 is 5.32 Å². The first-order valence-electron chi connectivity index (χ1n) is 7.17. The van der Waals surface area contributed by atoms with Crippen LogP contribution in [0.4, 0.5) is 4.39 Å². The van der Waals surface area contributed by atoms with Crippen LogP contribution in [0.3, 0.4) is 0 Å². The van der Waals surface area contributed by atoms with Crippen molar-refractivity contribution in [3.05, 3.63) is 35.1 Å². The Morgan fingerprint density at radius 1 is 1.43 bits per heavy atom. The topological polar surface area (TPSA) is 96.3 Å². The molecule has 1 aromatic carbocycles. The molecule has 1 heterocycles. The number of rotatable bonds is 6. The van der Waals surface area contributed by atoms with E-state index < -0.39 is 18.4 Å².